The Kier molecular flexibility index (Phi) is 4.90. The van der Waals surface area contributed by atoms with E-state index in [0.717, 1.165) is 13.1 Å². The summed E-state index contributed by atoms with van der Waals surface area (Å²) in [4.78, 5) is 13.7. The number of nitrogens with one attached hydrogen (secondary N) is 1. The third kappa shape index (κ3) is 4.07. The average Bonchev–Trinajstić information content (AvgIpc) is 2.56. The van der Waals surface area contributed by atoms with Crippen LogP contribution in [0.3, 0.4) is 0 Å². The van der Waals surface area contributed by atoms with Gasteiger partial charge in [0, 0.05) is 13.2 Å². The van der Waals surface area contributed by atoms with Gasteiger partial charge in [0.05, 0.1) is 13.2 Å². The Balaban J connectivity index is 2.14. The fourth-order valence-corrected chi connectivity index (χ4v) is 1.76. The molecule has 1 aliphatic rings. The molecule has 1 atom stereocenters. The first-order chi connectivity index (χ1) is 6.72. The number of ether oxygens (including phenoxy) is 1. The normalized spacial score (nSPS) is 19.6. The van der Waals surface area contributed by atoms with Gasteiger partial charge in [-0.1, -0.05) is 0 Å². The monoisotopic (exact) mass is 200 g/mol. The van der Waals surface area contributed by atoms with E-state index in [2.05, 4.69) is 10.2 Å². The van der Waals surface area contributed by atoms with Crippen molar-refractivity contribution < 1.29 is 9.53 Å². The SMILES string of the molecule is COC[C@H](C)NC(=O)CN1CCCC1. The van der Waals surface area contributed by atoms with E-state index in [9.17, 15) is 4.79 Å². The van der Waals surface area contributed by atoms with Crippen LogP contribution in [0, 0.1) is 0 Å². The van der Waals surface area contributed by atoms with Gasteiger partial charge in [-0.05, 0) is 32.9 Å². The van der Waals surface area contributed by atoms with Crippen molar-refractivity contribution in [1.29, 1.82) is 0 Å². The third-order valence-corrected chi connectivity index (χ3v) is 2.39. The molecule has 82 valence electrons. The molecule has 4 heteroatoms. The van der Waals surface area contributed by atoms with E-state index in [1.807, 2.05) is 6.92 Å². The molecule has 1 saturated heterocycles. The van der Waals surface area contributed by atoms with Crippen molar-refractivity contribution in [2.75, 3.05) is 33.4 Å². The van der Waals surface area contributed by atoms with Gasteiger partial charge >= 0.3 is 0 Å². The zero-order valence-electron chi connectivity index (χ0n) is 9.08. The molecule has 1 amide bonds. The number of methoxy groups -OCH3 is 1. The number of likely N-dealkylation sites (tertiary alicyclic amines) is 1. The van der Waals surface area contributed by atoms with Crippen molar-refractivity contribution in [3.8, 4) is 0 Å². The Morgan fingerprint density at radius 3 is 2.71 bits per heavy atom. The number of nitrogens with zero attached hydrogens (tertiary/aromatic N) is 1. The molecule has 0 bridgehead atoms. The van der Waals surface area contributed by atoms with E-state index in [1.165, 1.54) is 12.8 Å². The topological polar surface area (TPSA) is 41.6 Å². The number of carbonyl (C=O) groups excluding carboxylic acids is 1. The molecule has 0 aromatic rings. The predicted octanol–water partition coefficient (Wildman–Crippen LogP) is 0.233. The molecule has 1 heterocycles. The second-order valence-corrected chi connectivity index (χ2v) is 3.91. The third-order valence-electron chi connectivity index (χ3n) is 2.39. The Labute approximate surface area is 85.6 Å². The Bertz CT molecular complexity index is 179. The lowest BCUT2D eigenvalue weighted by atomic mass is 10.3. The van der Waals surface area contributed by atoms with E-state index < -0.39 is 0 Å². The van der Waals surface area contributed by atoms with Gasteiger partial charge in [0.2, 0.25) is 5.91 Å². The maximum Gasteiger partial charge on any atom is 0.234 e. The van der Waals surface area contributed by atoms with Crippen LogP contribution in [0.4, 0.5) is 0 Å². The summed E-state index contributed by atoms with van der Waals surface area (Å²) in [5.41, 5.74) is 0. The van der Waals surface area contributed by atoms with Crippen LogP contribution < -0.4 is 5.32 Å². The maximum atomic E-state index is 11.5. The molecule has 4 nitrogen and oxygen atoms in total. The zero-order valence-corrected chi connectivity index (χ0v) is 9.08. The first kappa shape index (κ1) is 11.5. The highest BCUT2D eigenvalue weighted by molar-refractivity contribution is 5.78. The number of carbonyl (C=O) groups is 1. The minimum atomic E-state index is 0.107. The zero-order chi connectivity index (χ0) is 10.4. The van der Waals surface area contributed by atoms with Crippen LogP contribution in [0.2, 0.25) is 0 Å². The standard InChI is InChI=1S/C10H20N2O2/c1-9(8-14-2)11-10(13)7-12-5-3-4-6-12/h9H,3-8H2,1-2H3,(H,11,13)/t9-/m0/s1. The lowest BCUT2D eigenvalue weighted by molar-refractivity contribution is -0.122. The molecule has 1 N–H and O–H groups in total. The van der Waals surface area contributed by atoms with Crippen LogP contribution in [0.25, 0.3) is 0 Å². The number of amides is 1. The molecule has 0 unspecified atom stereocenters. The van der Waals surface area contributed by atoms with Crippen LogP contribution in [0.15, 0.2) is 0 Å². The van der Waals surface area contributed by atoms with Crippen LogP contribution in [0.1, 0.15) is 19.8 Å². The summed E-state index contributed by atoms with van der Waals surface area (Å²) >= 11 is 0. The van der Waals surface area contributed by atoms with E-state index in [1.54, 1.807) is 7.11 Å². The summed E-state index contributed by atoms with van der Waals surface area (Å²) in [6.07, 6.45) is 2.45. The first-order valence-electron chi connectivity index (χ1n) is 5.23. The highest BCUT2D eigenvalue weighted by Crippen LogP contribution is 2.05. The van der Waals surface area contributed by atoms with Gasteiger partial charge in [-0.3, -0.25) is 9.69 Å². The fraction of sp³-hybridized carbons (Fsp3) is 0.900. The lowest BCUT2D eigenvalue weighted by Crippen LogP contribution is -2.41. The van der Waals surface area contributed by atoms with Gasteiger partial charge in [0.1, 0.15) is 0 Å². The minimum absolute atomic E-state index is 0.107. The predicted molar refractivity (Wildman–Crippen MR) is 55.2 cm³/mol. The summed E-state index contributed by atoms with van der Waals surface area (Å²) in [5.74, 6) is 0.108. The summed E-state index contributed by atoms with van der Waals surface area (Å²) in [7, 11) is 1.64. The molecule has 0 aromatic carbocycles. The van der Waals surface area contributed by atoms with Crippen molar-refractivity contribution in [3.63, 3.8) is 0 Å². The van der Waals surface area contributed by atoms with Gasteiger partial charge in [-0.25, -0.2) is 0 Å². The van der Waals surface area contributed by atoms with Crippen LogP contribution >= 0.6 is 0 Å². The molecule has 1 aliphatic heterocycles. The maximum absolute atomic E-state index is 11.5. The number of rotatable bonds is 5. The summed E-state index contributed by atoms with van der Waals surface area (Å²) in [5, 5.41) is 2.90. The molecule has 0 aliphatic carbocycles. The van der Waals surface area contributed by atoms with Crippen LogP contribution in [0.5, 0.6) is 0 Å². The van der Waals surface area contributed by atoms with E-state index >= 15 is 0 Å². The quantitative estimate of drug-likeness (QED) is 0.691. The number of hydrogen-bond donors (Lipinski definition) is 1. The average molecular weight is 200 g/mol. The second kappa shape index (κ2) is 5.98. The van der Waals surface area contributed by atoms with Gasteiger partial charge in [0.25, 0.3) is 0 Å². The van der Waals surface area contributed by atoms with Crippen molar-refractivity contribution in [2.24, 2.45) is 0 Å². The second-order valence-electron chi connectivity index (χ2n) is 3.91. The molecule has 14 heavy (non-hydrogen) atoms. The van der Waals surface area contributed by atoms with E-state index in [0.29, 0.717) is 13.2 Å². The molecule has 1 fully saturated rings. The Hall–Kier alpha value is -0.610. The molecule has 0 spiro atoms. The van der Waals surface area contributed by atoms with Crippen molar-refractivity contribution >= 4 is 5.91 Å². The Morgan fingerprint density at radius 2 is 2.14 bits per heavy atom. The first-order valence-corrected chi connectivity index (χ1v) is 5.23. The molecule has 1 rings (SSSR count). The molecule has 0 radical (unpaired) electrons. The minimum Gasteiger partial charge on any atom is -0.383 e. The molecular weight excluding hydrogens is 180 g/mol. The largest absolute Gasteiger partial charge is 0.383 e. The highest BCUT2D eigenvalue weighted by Gasteiger charge is 2.15. The van der Waals surface area contributed by atoms with Gasteiger partial charge in [-0.15, -0.1) is 0 Å². The summed E-state index contributed by atoms with van der Waals surface area (Å²) in [6.45, 7) is 5.18. The van der Waals surface area contributed by atoms with Gasteiger partial charge in [-0.2, -0.15) is 0 Å². The molecule has 0 saturated carbocycles. The van der Waals surface area contributed by atoms with Crippen LogP contribution in [-0.4, -0.2) is 50.2 Å². The smallest absolute Gasteiger partial charge is 0.234 e. The highest BCUT2D eigenvalue weighted by atomic mass is 16.5. The summed E-state index contributed by atoms with van der Waals surface area (Å²) < 4.78 is 4.95. The van der Waals surface area contributed by atoms with Gasteiger partial charge < -0.3 is 10.1 Å². The van der Waals surface area contributed by atoms with E-state index in [4.69, 9.17) is 4.74 Å². The molecule has 0 aromatic heterocycles. The Morgan fingerprint density at radius 1 is 1.50 bits per heavy atom. The molecular formula is C10H20N2O2. The van der Waals surface area contributed by atoms with Crippen LogP contribution in [-0.2, 0) is 9.53 Å². The lowest BCUT2D eigenvalue weighted by Gasteiger charge is -2.17. The summed E-state index contributed by atoms with van der Waals surface area (Å²) in [6, 6.07) is 0.107. The number of hydrogen-bond acceptors (Lipinski definition) is 3. The van der Waals surface area contributed by atoms with Crippen molar-refractivity contribution in [2.45, 2.75) is 25.8 Å². The van der Waals surface area contributed by atoms with Crippen molar-refractivity contribution in [1.82, 2.24) is 10.2 Å². The van der Waals surface area contributed by atoms with E-state index in [-0.39, 0.29) is 11.9 Å². The van der Waals surface area contributed by atoms with Crippen molar-refractivity contribution in [3.05, 3.63) is 0 Å². The fourth-order valence-electron chi connectivity index (χ4n) is 1.76. The van der Waals surface area contributed by atoms with Gasteiger partial charge in [0.15, 0.2) is 0 Å².